The van der Waals surface area contributed by atoms with Crippen LogP contribution in [0.2, 0.25) is 0 Å². The third-order valence-electron chi connectivity index (χ3n) is 3.78. The minimum Gasteiger partial charge on any atom is -0.378 e. The predicted octanol–water partition coefficient (Wildman–Crippen LogP) is 3.47. The van der Waals surface area contributed by atoms with Crippen LogP contribution in [0.15, 0.2) is 0 Å². The highest BCUT2D eigenvalue weighted by Crippen LogP contribution is 2.41. The third-order valence-corrected chi connectivity index (χ3v) is 4.92. The van der Waals surface area contributed by atoms with Crippen molar-refractivity contribution in [2.45, 2.75) is 51.7 Å². The zero-order chi connectivity index (χ0) is 15.3. The van der Waals surface area contributed by atoms with Gasteiger partial charge in [0.2, 0.25) is 0 Å². The fourth-order valence-electron chi connectivity index (χ4n) is 2.87. The molecule has 1 aliphatic rings. The van der Waals surface area contributed by atoms with Crippen LogP contribution in [0.5, 0.6) is 0 Å². The Balaban J connectivity index is 2.46. The molecule has 2 rings (SSSR count). The van der Waals surface area contributed by atoms with Gasteiger partial charge in [0.1, 0.15) is 11.4 Å². The topological polar surface area (TPSA) is 56.3 Å². The summed E-state index contributed by atoms with van der Waals surface area (Å²) in [7, 11) is 1.69. The Bertz CT molecular complexity index is 449. The summed E-state index contributed by atoms with van der Waals surface area (Å²) in [4.78, 5) is 9.54. The van der Waals surface area contributed by atoms with Gasteiger partial charge >= 0.3 is 0 Å². The first-order valence-corrected chi connectivity index (χ1v) is 8.68. The molecule has 0 aliphatic heterocycles. The molecular weight excluding hydrogens is 381 g/mol. The molecular formula is C15H24IN3O2. The summed E-state index contributed by atoms with van der Waals surface area (Å²) in [5.41, 5.74) is 0.621. The second kappa shape index (κ2) is 7.69. The van der Waals surface area contributed by atoms with Crippen molar-refractivity contribution in [3.63, 3.8) is 0 Å². The molecule has 1 N–H and O–H groups in total. The molecule has 1 aromatic heterocycles. The predicted molar refractivity (Wildman–Crippen MR) is 91.4 cm³/mol. The molecule has 118 valence electrons. The molecule has 0 saturated heterocycles. The zero-order valence-corrected chi connectivity index (χ0v) is 15.2. The molecule has 1 saturated carbocycles. The summed E-state index contributed by atoms with van der Waals surface area (Å²) < 4.78 is 12.4. The first-order chi connectivity index (χ1) is 10.2. The Morgan fingerprint density at radius 3 is 2.52 bits per heavy atom. The molecule has 0 atom stereocenters. The van der Waals surface area contributed by atoms with Crippen LogP contribution < -0.4 is 5.32 Å². The standard InChI is InChI=1S/C15H24IN3O2/c1-4-17-13-12(16)11(10-20-3)18-14(19-13)15(21-5-2)8-6-7-9-15/h4-10H2,1-3H3,(H,17,18,19). The Morgan fingerprint density at radius 1 is 1.24 bits per heavy atom. The highest BCUT2D eigenvalue weighted by atomic mass is 127. The normalized spacial score (nSPS) is 17.1. The number of anilines is 1. The number of ether oxygens (including phenoxy) is 2. The highest BCUT2D eigenvalue weighted by molar-refractivity contribution is 14.1. The fourth-order valence-corrected chi connectivity index (χ4v) is 3.46. The van der Waals surface area contributed by atoms with Crippen LogP contribution in [0.25, 0.3) is 0 Å². The highest BCUT2D eigenvalue weighted by Gasteiger charge is 2.40. The summed E-state index contributed by atoms with van der Waals surface area (Å²) in [5.74, 6) is 1.70. The van der Waals surface area contributed by atoms with Crippen molar-refractivity contribution in [1.29, 1.82) is 0 Å². The lowest BCUT2D eigenvalue weighted by Gasteiger charge is -2.28. The van der Waals surface area contributed by atoms with E-state index in [-0.39, 0.29) is 5.60 Å². The van der Waals surface area contributed by atoms with E-state index in [2.05, 4.69) is 34.8 Å². The smallest absolute Gasteiger partial charge is 0.163 e. The molecule has 0 amide bonds. The fraction of sp³-hybridized carbons (Fsp3) is 0.733. The van der Waals surface area contributed by atoms with Crippen LogP contribution in [0.1, 0.15) is 51.0 Å². The number of methoxy groups -OCH3 is 1. The molecule has 0 radical (unpaired) electrons. The largest absolute Gasteiger partial charge is 0.378 e. The lowest BCUT2D eigenvalue weighted by atomic mass is 10.0. The molecule has 0 unspecified atom stereocenters. The maximum absolute atomic E-state index is 6.09. The minimum atomic E-state index is -0.314. The van der Waals surface area contributed by atoms with Crippen LogP contribution in [0, 0.1) is 3.57 Å². The molecule has 5 nitrogen and oxygen atoms in total. The molecule has 1 aromatic rings. The van der Waals surface area contributed by atoms with Crippen LogP contribution in [-0.2, 0) is 21.7 Å². The number of hydrogen-bond donors (Lipinski definition) is 1. The number of hydrogen-bond acceptors (Lipinski definition) is 5. The Labute approximate surface area is 140 Å². The van der Waals surface area contributed by atoms with Crippen molar-refractivity contribution in [3.8, 4) is 0 Å². The Kier molecular flexibility index (Phi) is 6.19. The molecule has 6 heteroatoms. The molecule has 1 heterocycles. The second-order valence-corrected chi connectivity index (χ2v) is 6.33. The van der Waals surface area contributed by atoms with Gasteiger partial charge in [0.05, 0.1) is 15.9 Å². The summed E-state index contributed by atoms with van der Waals surface area (Å²) in [6, 6.07) is 0. The molecule has 21 heavy (non-hydrogen) atoms. The molecule has 1 aliphatic carbocycles. The monoisotopic (exact) mass is 405 g/mol. The van der Waals surface area contributed by atoms with Crippen molar-refractivity contribution in [3.05, 3.63) is 15.1 Å². The van der Waals surface area contributed by atoms with Crippen molar-refractivity contribution < 1.29 is 9.47 Å². The first-order valence-electron chi connectivity index (χ1n) is 7.60. The van der Waals surface area contributed by atoms with Crippen molar-refractivity contribution in [2.24, 2.45) is 0 Å². The van der Waals surface area contributed by atoms with E-state index in [1.165, 1.54) is 12.8 Å². The summed E-state index contributed by atoms with van der Waals surface area (Å²) in [6.07, 6.45) is 4.34. The molecule has 0 bridgehead atoms. The van der Waals surface area contributed by atoms with E-state index < -0.39 is 0 Å². The van der Waals surface area contributed by atoms with E-state index in [1.807, 2.05) is 6.92 Å². The van der Waals surface area contributed by atoms with Crippen molar-refractivity contribution in [2.75, 3.05) is 25.6 Å². The number of aromatic nitrogens is 2. The third kappa shape index (κ3) is 3.65. The summed E-state index contributed by atoms with van der Waals surface area (Å²) in [5, 5.41) is 3.33. The number of rotatable bonds is 7. The van der Waals surface area contributed by atoms with E-state index in [9.17, 15) is 0 Å². The Hall–Kier alpha value is -0.470. The lowest BCUT2D eigenvalue weighted by molar-refractivity contribution is -0.0459. The van der Waals surface area contributed by atoms with Crippen molar-refractivity contribution >= 4 is 28.4 Å². The quantitative estimate of drug-likeness (QED) is 0.705. The summed E-state index contributed by atoms with van der Waals surface area (Å²) in [6.45, 7) is 6.12. The van der Waals surface area contributed by atoms with E-state index in [4.69, 9.17) is 19.4 Å². The molecule has 1 fully saturated rings. The van der Waals surface area contributed by atoms with Gasteiger partial charge in [-0.1, -0.05) is 0 Å². The minimum absolute atomic E-state index is 0.314. The number of nitrogens with zero attached hydrogens (tertiary/aromatic N) is 2. The number of halogens is 1. The Morgan fingerprint density at radius 2 is 1.95 bits per heavy atom. The van der Waals surface area contributed by atoms with Gasteiger partial charge in [-0.25, -0.2) is 9.97 Å². The van der Waals surface area contributed by atoms with Crippen LogP contribution in [-0.4, -0.2) is 30.2 Å². The van der Waals surface area contributed by atoms with Gasteiger partial charge in [0, 0.05) is 20.3 Å². The molecule has 0 aromatic carbocycles. The van der Waals surface area contributed by atoms with Gasteiger partial charge in [-0.05, 0) is 62.1 Å². The van der Waals surface area contributed by atoms with Crippen LogP contribution >= 0.6 is 22.6 Å². The van der Waals surface area contributed by atoms with Crippen LogP contribution in [0.3, 0.4) is 0 Å². The van der Waals surface area contributed by atoms with E-state index in [1.54, 1.807) is 7.11 Å². The van der Waals surface area contributed by atoms with Gasteiger partial charge in [-0.3, -0.25) is 0 Å². The van der Waals surface area contributed by atoms with Crippen LogP contribution in [0.4, 0.5) is 5.82 Å². The van der Waals surface area contributed by atoms with Gasteiger partial charge in [0.25, 0.3) is 0 Å². The van der Waals surface area contributed by atoms with Crippen molar-refractivity contribution in [1.82, 2.24) is 9.97 Å². The lowest BCUT2D eigenvalue weighted by Crippen LogP contribution is -2.30. The average Bonchev–Trinajstić information content (AvgIpc) is 2.94. The molecule has 0 spiro atoms. The van der Waals surface area contributed by atoms with Gasteiger partial charge in [0.15, 0.2) is 5.82 Å². The van der Waals surface area contributed by atoms with E-state index in [0.717, 1.165) is 40.3 Å². The zero-order valence-electron chi connectivity index (χ0n) is 13.0. The number of nitrogens with one attached hydrogen (secondary N) is 1. The first kappa shape index (κ1) is 16.9. The van der Waals surface area contributed by atoms with E-state index in [0.29, 0.717) is 13.2 Å². The van der Waals surface area contributed by atoms with Gasteiger partial charge in [-0.15, -0.1) is 0 Å². The van der Waals surface area contributed by atoms with E-state index >= 15 is 0 Å². The SMILES string of the molecule is CCNc1nc(C2(OCC)CCCC2)nc(COC)c1I. The maximum atomic E-state index is 6.09. The summed E-state index contributed by atoms with van der Waals surface area (Å²) >= 11 is 2.29. The second-order valence-electron chi connectivity index (χ2n) is 5.25. The average molecular weight is 405 g/mol. The maximum Gasteiger partial charge on any atom is 0.163 e. The van der Waals surface area contributed by atoms with Gasteiger partial charge < -0.3 is 14.8 Å². The van der Waals surface area contributed by atoms with Gasteiger partial charge in [-0.2, -0.15) is 0 Å².